The molecule has 3 atom stereocenters. The van der Waals surface area contributed by atoms with Gasteiger partial charge < -0.3 is 15.1 Å². The molecular formula is C15H29N3. The van der Waals surface area contributed by atoms with E-state index in [-0.39, 0.29) is 0 Å². The van der Waals surface area contributed by atoms with Gasteiger partial charge in [0.2, 0.25) is 0 Å². The highest BCUT2D eigenvalue weighted by Gasteiger charge is 2.34. The van der Waals surface area contributed by atoms with Gasteiger partial charge in [-0.05, 0) is 78.2 Å². The van der Waals surface area contributed by atoms with Gasteiger partial charge in [0.05, 0.1) is 0 Å². The summed E-state index contributed by atoms with van der Waals surface area (Å²) in [6, 6.07) is 2.60. The smallest absolute Gasteiger partial charge is 0.0122 e. The Labute approximate surface area is 112 Å². The summed E-state index contributed by atoms with van der Waals surface area (Å²) in [6.45, 7) is 5.17. The van der Waals surface area contributed by atoms with Gasteiger partial charge in [0, 0.05) is 18.1 Å². The molecule has 0 amide bonds. The van der Waals surface area contributed by atoms with Crippen LogP contribution >= 0.6 is 0 Å². The van der Waals surface area contributed by atoms with E-state index in [0.29, 0.717) is 0 Å². The van der Waals surface area contributed by atoms with E-state index in [1.807, 2.05) is 0 Å². The van der Waals surface area contributed by atoms with Gasteiger partial charge in [0.1, 0.15) is 0 Å². The van der Waals surface area contributed by atoms with Crippen molar-refractivity contribution in [3.05, 3.63) is 0 Å². The summed E-state index contributed by atoms with van der Waals surface area (Å²) in [6.07, 6.45) is 9.83. The summed E-state index contributed by atoms with van der Waals surface area (Å²) >= 11 is 0. The van der Waals surface area contributed by atoms with E-state index >= 15 is 0 Å². The summed E-state index contributed by atoms with van der Waals surface area (Å²) in [4.78, 5) is 5.47. The standard InChI is InChI=1S/C15H29N3/c1-17(13-4-2-8-16-9-6-13)14-7-11-18-10-3-5-15(18)12-14/h13-16H,2-12H2,1H3. The second-order valence-corrected chi connectivity index (χ2v) is 6.51. The predicted molar refractivity (Wildman–Crippen MR) is 75.9 cm³/mol. The quantitative estimate of drug-likeness (QED) is 0.806. The molecule has 0 aliphatic carbocycles. The van der Waals surface area contributed by atoms with Crippen molar-refractivity contribution in [2.45, 2.75) is 63.1 Å². The van der Waals surface area contributed by atoms with Crippen LogP contribution in [0.25, 0.3) is 0 Å². The first kappa shape index (κ1) is 12.9. The summed E-state index contributed by atoms with van der Waals surface area (Å²) in [5.74, 6) is 0. The number of fused-ring (bicyclic) bond motifs is 1. The molecule has 104 valence electrons. The van der Waals surface area contributed by atoms with Gasteiger partial charge in [-0.25, -0.2) is 0 Å². The topological polar surface area (TPSA) is 18.5 Å². The number of piperidine rings is 1. The van der Waals surface area contributed by atoms with Crippen LogP contribution in [0.2, 0.25) is 0 Å². The lowest BCUT2D eigenvalue weighted by Gasteiger charge is -2.42. The first-order chi connectivity index (χ1) is 8.84. The maximum atomic E-state index is 3.54. The third-order valence-corrected chi connectivity index (χ3v) is 5.49. The van der Waals surface area contributed by atoms with Crippen molar-refractivity contribution in [3.63, 3.8) is 0 Å². The van der Waals surface area contributed by atoms with Gasteiger partial charge in [0.15, 0.2) is 0 Å². The average molecular weight is 251 g/mol. The van der Waals surface area contributed by atoms with E-state index < -0.39 is 0 Å². The van der Waals surface area contributed by atoms with Crippen molar-refractivity contribution in [2.24, 2.45) is 0 Å². The summed E-state index contributed by atoms with van der Waals surface area (Å²) < 4.78 is 0. The van der Waals surface area contributed by atoms with E-state index in [2.05, 4.69) is 22.2 Å². The maximum absolute atomic E-state index is 3.54. The van der Waals surface area contributed by atoms with Crippen LogP contribution in [-0.4, -0.2) is 61.2 Å². The monoisotopic (exact) mass is 251 g/mol. The first-order valence-corrected chi connectivity index (χ1v) is 8.01. The van der Waals surface area contributed by atoms with Crippen LogP contribution in [0.1, 0.15) is 44.9 Å². The molecule has 0 spiro atoms. The van der Waals surface area contributed by atoms with E-state index in [9.17, 15) is 0 Å². The molecule has 3 heteroatoms. The highest BCUT2D eigenvalue weighted by atomic mass is 15.2. The molecule has 3 aliphatic rings. The maximum Gasteiger partial charge on any atom is 0.0122 e. The van der Waals surface area contributed by atoms with Gasteiger partial charge in [0.25, 0.3) is 0 Å². The van der Waals surface area contributed by atoms with Crippen LogP contribution in [0.5, 0.6) is 0 Å². The van der Waals surface area contributed by atoms with Crippen LogP contribution in [0, 0.1) is 0 Å². The number of nitrogens with zero attached hydrogens (tertiary/aromatic N) is 2. The van der Waals surface area contributed by atoms with E-state index in [0.717, 1.165) is 18.1 Å². The zero-order chi connectivity index (χ0) is 12.4. The minimum atomic E-state index is 0.831. The van der Waals surface area contributed by atoms with Gasteiger partial charge in [-0.1, -0.05) is 0 Å². The summed E-state index contributed by atoms with van der Waals surface area (Å²) in [5.41, 5.74) is 0. The second kappa shape index (κ2) is 5.89. The fourth-order valence-electron chi connectivity index (χ4n) is 4.28. The highest BCUT2D eigenvalue weighted by Crippen LogP contribution is 2.30. The second-order valence-electron chi connectivity index (χ2n) is 6.51. The molecule has 3 rings (SSSR count). The predicted octanol–water partition coefficient (Wildman–Crippen LogP) is 1.69. The van der Waals surface area contributed by atoms with Gasteiger partial charge in [-0.2, -0.15) is 0 Å². The number of hydrogen-bond donors (Lipinski definition) is 1. The third kappa shape index (κ3) is 2.73. The van der Waals surface area contributed by atoms with Crippen molar-refractivity contribution in [2.75, 3.05) is 33.2 Å². The molecule has 3 fully saturated rings. The molecule has 0 bridgehead atoms. The molecular weight excluding hydrogens is 222 g/mol. The molecule has 0 aromatic carbocycles. The molecule has 1 N–H and O–H groups in total. The Kier molecular flexibility index (Phi) is 4.22. The van der Waals surface area contributed by atoms with Crippen LogP contribution in [0.15, 0.2) is 0 Å². The van der Waals surface area contributed by atoms with Gasteiger partial charge >= 0.3 is 0 Å². The number of nitrogens with one attached hydrogen (secondary N) is 1. The average Bonchev–Trinajstić information content (AvgIpc) is 2.69. The Morgan fingerprint density at radius 1 is 0.944 bits per heavy atom. The Hall–Kier alpha value is -0.120. The zero-order valence-corrected chi connectivity index (χ0v) is 11.9. The minimum absolute atomic E-state index is 0.831. The SMILES string of the molecule is CN(C1CCCNCC1)C1CCN2CCCC2C1. The molecule has 18 heavy (non-hydrogen) atoms. The minimum Gasteiger partial charge on any atom is -0.317 e. The van der Waals surface area contributed by atoms with Crippen molar-refractivity contribution < 1.29 is 0 Å². The van der Waals surface area contributed by atoms with Crippen LogP contribution in [0.4, 0.5) is 0 Å². The van der Waals surface area contributed by atoms with Crippen LogP contribution in [-0.2, 0) is 0 Å². The Balaban J connectivity index is 1.56. The molecule has 3 unspecified atom stereocenters. The summed E-state index contributed by atoms with van der Waals surface area (Å²) in [5, 5.41) is 3.54. The van der Waals surface area contributed by atoms with Gasteiger partial charge in [-0.3, -0.25) is 0 Å². The lowest BCUT2D eigenvalue weighted by atomic mass is 9.94. The fourth-order valence-corrected chi connectivity index (χ4v) is 4.28. The molecule has 3 aliphatic heterocycles. The first-order valence-electron chi connectivity index (χ1n) is 8.01. The van der Waals surface area contributed by atoms with Crippen LogP contribution < -0.4 is 5.32 Å². The molecule has 0 radical (unpaired) electrons. The Morgan fingerprint density at radius 3 is 2.83 bits per heavy atom. The van der Waals surface area contributed by atoms with E-state index in [1.54, 1.807) is 0 Å². The number of hydrogen-bond acceptors (Lipinski definition) is 3. The Bertz CT molecular complexity index is 260. The Morgan fingerprint density at radius 2 is 1.89 bits per heavy atom. The highest BCUT2D eigenvalue weighted by molar-refractivity contribution is 4.91. The third-order valence-electron chi connectivity index (χ3n) is 5.49. The zero-order valence-electron chi connectivity index (χ0n) is 11.9. The van der Waals surface area contributed by atoms with Crippen LogP contribution in [0.3, 0.4) is 0 Å². The lowest BCUT2D eigenvalue weighted by molar-refractivity contribution is 0.0731. The largest absolute Gasteiger partial charge is 0.317 e. The fraction of sp³-hybridized carbons (Fsp3) is 1.00. The van der Waals surface area contributed by atoms with E-state index in [1.165, 1.54) is 71.1 Å². The van der Waals surface area contributed by atoms with Crippen molar-refractivity contribution in [1.29, 1.82) is 0 Å². The molecule has 3 nitrogen and oxygen atoms in total. The number of rotatable bonds is 2. The summed E-state index contributed by atoms with van der Waals surface area (Å²) in [7, 11) is 2.39. The van der Waals surface area contributed by atoms with Gasteiger partial charge in [-0.15, -0.1) is 0 Å². The molecule has 3 heterocycles. The van der Waals surface area contributed by atoms with Crippen molar-refractivity contribution >= 4 is 0 Å². The molecule has 0 aromatic heterocycles. The van der Waals surface area contributed by atoms with Crippen molar-refractivity contribution in [3.8, 4) is 0 Å². The molecule has 0 saturated carbocycles. The normalized spacial score (nSPS) is 38.7. The molecule has 0 aromatic rings. The molecule has 3 saturated heterocycles. The van der Waals surface area contributed by atoms with Crippen molar-refractivity contribution in [1.82, 2.24) is 15.1 Å². The van der Waals surface area contributed by atoms with E-state index in [4.69, 9.17) is 0 Å². The lowest BCUT2D eigenvalue weighted by Crippen LogP contribution is -2.49.